The summed E-state index contributed by atoms with van der Waals surface area (Å²) in [4.78, 5) is 22.3. The lowest BCUT2D eigenvalue weighted by Crippen LogP contribution is -2.46. The molecule has 0 spiro atoms. The second-order valence-electron chi connectivity index (χ2n) is 6.31. The number of hydrogen-bond acceptors (Lipinski definition) is 6. The molecule has 1 fully saturated rings. The van der Waals surface area contributed by atoms with Crippen LogP contribution in [-0.2, 0) is 10.0 Å². The van der Waals surface area contributed by atoms with Crippen LogP contribution in [0, 0.1) is 17.0 Å². The fourth-order valence-corrected chi connectivity index (χ4v) is 4.41. The summed E-state index contributed by atoms with van der Waals surface area (Å²) in [5, 5.41) is 13.5. The van der Waals surface area contributed by atoms with E-state index in [0.29, 0.717) is 18.6 Å². The van der Waals surface area contributed by atoms with E-state index >= 15 is 0 Å². The molecule has 27 heavy (non-hydrogen) atoms. The summed E-state index contributed by atoms with van der Waals surface area (Å²) < 4.78 is 32.0. The van der Waals surface area contributed by atoms with E-state index in [9.17, 15) is 23.3 Å². The van der Waals surface area contributed by atoms with Crippen LogP contribution >= 0.6 is 0 Å². The first-order valence-corrected chi connectivity index (χ1v) is 9.83. The quantitative estimate of drug-likeness (QED) is 0.613. The minimum absolute atomic E-state index is 0.0154. The standard InChI is InChI=1S/C17H19N3O6S/c1-12-2-7-16(26-12)17(21)18-13-8-10-19(11-9-13)27(24,25)15-5-3-14(4-6-15)20(22)23/h2-7,13H,8-11H2,1H3,(H,18,21). The maximum atomic E-state index is 12.7. The maximum Gasteiger partial charge on any atom is 0.287 e. The molecule has 1 aromatic heterocycles. The molecule has 0 atom stereocenters. The lowest BCUT2D eigenvalue weighted by atomic mass is 10.1. The predicted octanol–water partition coefficient (Wildman–Crippen LogP) is 2.08. The molecule has 0 aliphatic carbocycles. The van der Waals surface area contributed by atoms with Crippen LogP contribution in [0.5, 0.6) is 0 Å². The number of carbonyl (C=O) groups excluding carboxylic acids is 1. The molecule has 0 unspecified atom stereocenters. The van der Waals surface area contributed by atoms with Gasteiger partial charge in [0.15, 0.2) is 5.76 Å². The van der Waals surface area contributed by atoms with Gasteiger partial charge < -0.3 is 9.73 Å². The van der Waals surface area contributed by atoms with Crippen molar-refractivity contribution in [3.05, 3.63) is 58.0 Å². The molecule has 2 heterocycles. The van der Waals surface area contributed by atoms with E-state index < -0.39 is 14.9 Å². The third-order valence-corrected chi connectivity index (χ3v) is 6.35. The topological polar surface area (TPSA) is 123 Å². The van der Waals surface area contributed by atoms with Crippen molar-refractivity contribution >= 4 is 21.6 Å². The van der Waals surface area contributed by atoms with Crippen molar-refractivity contribution in [1.29, 1.82) is 0 Å². The van der Waals surface area contributed by atoms with Crippen molar-refractivity contribution in [1.82, 2.24) is 9.62 Å². The van der Waals surface area contributed by atoms with Crippen molar-refractivity contribution < 1.29 is 22.6 Å². The van der Waals surface area contributed by atoms with Crippen LogP contribution in [0.15, 0.2) is 45.7 Å². The molecular weight excluding hydrogens is 374 g/mol. The summed E-state index contributed by atoms with van der Waals surface area (Å²) in [5.74, 6) is 0.553. The Hall–Kier alpha value is -2.72. The Morgan fingerprint density at radius 1 is 1.19 bits per heavy atom. The fraction of sp³-hybridized carbons (Fsp3) is 0.353. The highest BCUT2D eigenvalue weighted by atomic mass is 32.2. The Kier molecular flexibility index (Phi) is 5.29. The summed E-state index contributed by atoms with van der Waals surface area (Å²) in [6, 6.07) is 7.97. The number of nitro benzene ring substituents is 1. The number of nitrogens with zero attached hydrogens (tertiary/aromatic N) is 2. The molecule has 1 aromatic carbocycles. The first kappa shape index (κ1) is 19.1. The van der Waals surface area contributed by atoms with Crippen LogP contribution in [0.25, 0.3) is 0 Å². The Morgan fingerprint density at radius 2 is 1.81 bits per heavy atom. The molecule has 144 valence electrons. The molecule has 1 aliphatic rings. The summed E-state index contributed by atoms with van der Waals surface area (Å²) in [5.41, 5.74) is -0.163. The minimum Gasteiger partial charge on any atom is -0.456 e. The predicted molar refractivity (Wildman–Crippen MR) is 95.8 cm³/mol. The number of carbonyl (C=O) groups is 1. The second-order valence-corrected chi connectivity index (χ2v) is 8.25. The molecule has 0 radical (unpaired) electrons. The van der Waals surface area contributed by atoms with E-state index in [1.807, 2.05) is 0 Å². The van der Waals surface area contributed by atoms with E-state index in [-0.39, 0.29) is 41.4 Å². The van der Waals surface area contributed by atoms with Gasteiger partial charge in [-0.2, -0.15) is 4.31 Å². The Bertz CT molecular complexity index is 943. The molecule has 9 nitrogen and oxygen atoms in total. The molecule has 3 rings (SSSR count). The Labute approximate surface area is 156 Å². The van der Waals surface area contributed by atoms with E-state index in [4.69, 9.17) is 4.42 Å². The number of nitro groups is 1. The number of nitrogens with one attached hydrogen (secondary N) is 1. The third kappa shape index (κ3) is 4.17. The van der Waals surface area contributed by atoms with Crippen LogP contribution in [0.2, 0.25) is 0 Å². The molecule has 1 amide bonds. The number of rotatable bonds is 5. The largest absolute Gasteiger partial charge is 0.456 e. The normalized spacial score (nSPS) is 16.2. The van der Waals surface area contributed by atoms with Gasteiger partial charge in [-0.25, -0.2) is 8.42 Å². The average molecular weight is 393 g/mol. The van der Waals surface area contributed by atoms with Gasteiger partial charge in [0, 0.05) is 31.3 Å². The number of sulfonamides is 1. The molecule has 1 saturated heterocycles. The number of piperidine rings is 1. The SMILES string of the molecule is Cc1ccc(C(=O)NC2CCN(S(=O)(=O)c3ccc([N+](=O)[O-])cc3)CC2)o1. The Morgan fingerprint density at radius 3 is 2.33 bits per heavy atom. The van der Waals surface area contributed by atoms with Gasteiger partial charge in [0.1, 0.15) is 5.76 Å². The molecule has 0 bridgehead atoms. The molecule has 10 heteroatoms. The molecular formula is C17H19N3O6S. The maximum absolute atomic E-state index is 12.7. The van der Waals surface area contributed by atoms with E-state index in [1.165, 1.54) is 28.6 Å². The van der Waals surface area contributed by atoms with Crippen molar-refractivity contribution in [2.45, 2.75) is 30.7 Å². The zero-order chi connectivity index (χ0) is 19.6. The van der Waals surface area contributed by atoms with Crippen molar-refractivity contribution in [2.24, 2.45) is 0 Å². The Balaban J connectivity index is 1.60. The van der Waals surface area contributed by atoms with Gasteiger partial charge in [-0.05, 0) is 44.0 Å². The second kappa shape index (κ2) is 7.49. The number of non-ortho nitro benzene ring substituents is 1. The highest BCUT2D eigenvalue weighted by molar-refractivity contribution is 7.89. The molecule has 2 aromatic rings. The average Bonchev–Trinajstić information content (AvgIpc) is 3.09. The molecule has 1 N–H and O–H groups in total. The number of benzene rings is 1. The van der Waals surface area contributed by atoms with Crippen LogP contribution in [0.4, 0.5) is 5.69 Å². The zero-order valence-corrected chi connectivity index (χ0v) is 15.4. The number of furan rings is 1. The van der Waals surface area contributed by atoms with E-state index in [0.717, 1.165) is 0 Å². The summed E-state index contributed by atoms with van der Waals surface area (Å²) in [6.07, 6.45) is 0.940. The highest BCUT2D eigenvalue weighted by Gasteiger charge is 2.30. The smallest absolute Gasteiger partial charge is 0.287 e. The number of aryl methyl sites for hydroxylation is 1. The van der Waals surface area contributed by atoms with Gasteiger partial charge in [0.2, 0.25) is 10.0 Å². The molecule has 1 aliphatic heterocycles. The summed E-state index contributed by atoms with van der Waals surface area (Å²) in [7, 11) is -3.73. The van der Waals surface area contributed by atoms with Gasteiger partial charge in [-0.3, -0.25) is 14.9 Å². The van der Waals surface area contributed by atoms with Crippen LogP contribution < -0.4 is 5.32 Å². The lowest BCUT2D eigenvalue weighted by molar-refractivity contribution is -0.384. The number of hydrogen-bond donors (Lipinski definition) is 1. The third-order valence-electron chi connectivity index (χ3n) is 4.44. The molecule has 0 saturated carbocycles. The number of amides is 1. The van der Waals surface area contributed by atoms with Gasteiger partial charge in [0.05, 0.1) is 9.82 Å². The van der Waals surface area contributed by atoms with Gasteiger partial charge in [-0.1, -0.05) is 0 Å². The summed E-state index contributed by atoms with van der Waals surface area (Å²) in [6.45, 7) is 2.25. The van der Waals surface area contributed by atoms with Crippen LogP contribution in [0.1, 0.15) is 29.2 Å². The monoisotopic (exact) mass is 393 g/mol. The van der Waals surface area contributed by atoms with Gasteiger partial charge >= 0.3 is 0 Å². The zero-order valence-electron chi connectivity index (χ0n) is 14.6. The van der Waals surface area contributed by atoms with Crippen LogP contribution in [0.3, 0.4) is 0 Å². The lowest BCUT2D eigenvalue weighted by Gasteiger charge is -2.31. The van der Waals surface area contributed by atoms with Crippen molar-refractivity contribution in [3.63, 3.8) is 0 Å². The van der Waals surface area contributed by atoms with Crippen molar-refractivity contribution in [3.8, 4) is 0 Å². The first-order valence-electron chi connectivity index (χ1n) is 8.39. The van der Waals surface area contributed by atoms with Crippen LogP contribution in [-0.4, -0.2) is 42.7 Å². The highest BCUT2D eigenvalue weighted by Crippen LogP contribution is 2.23. The summed E-state index contributed by atoms with van der Waals surface area (Å²) >= 11 is 0. The van der Waals surface area contributed by atoms with Gasteiger partial charge in [0.25, 0.3) is 11.6 Å². The van der Waals surface area contributed by atoms with Crippen molar-refractivity contribution in [2.75, 3.05) is 13.1 Å². The fourth-order valence-electron chi connectivity index (χ4n) is 2.94. The van der Waals surface area contributed by atoms with E-state index in [1.54, 1.807) is 19.1 Å². The first-order chi connectivity index (χ1) is 12.8. The minimum atomic E-state index is -3.73. The van der Waals surface area contributed by atoms with E-state index in [2.05, 4.69) is 5.32 Å². The van der Waals surface area contributed by atoms with Gasteiger partial charge in [-0.15, -0.1) is 0 Å².